The lowest BCUT2D eigenvalue weighted by Gasteiger charge is -2.40. The Morgan fingerprint density at radius 3 is 2.70 bits per heavy atom. The van der Waals surface area contributed by atoms with E-state index in [1.165, 1.54) is 18.4 Å². The molecule has 0 aliphatic carbocycles. The Hall–Kier alpha value is -1.39. The monoisotopic (exact) mass is 274 g/mol. The predicted molar refractivity (Wildman–Crippen MR) is 84.0 cm³/mol. The summed E-state index contributed by atoms with van der Waals surface area (Å²) in [6, 6.07) is 11.3. The van der Waals surface area contributed by atoms with Gasteiger partial charge in [-0.2, -0.15) is 0 Å². The van der Waals surface area contributed by atoms with E-state index in [1.54, 1.807) is 0 Å². The summed E-state index contributed by atoms with van der Waals surface area (Å²) in [7, 11) is 4.30. The first-order valence-electron chi connectivity index (χ1n) is 7.36. The van der Waals surface area contributed by atoms with Crippen LogP contribution in [-0.2, 0) is 0 Å². The summed E-state index contributed by atoms with van der Waals surface area (Å²) >= 11 is 0. The zero-order valence-corrected chi connectivity index (χ0v) is 12.5. The number of amidine groups is 1. The van der Waals surface area contributed by atoms with Crippen LogP contribution in [-0.4, -0.2) is 48.9 Å². The summed E-state index contributed by atoms with van der Waals surface area (Å²) in [5.74, 6) is 0.269. The van der Waals surface area contributed by atoms with Gasteiger partial charge in [0.15, 0.2) is 0 Å². The normalized spacial score (nSPS) is 21.9. The van der Waals surface area contributed by atoms with Crippen LogP contribution in [0, 0.1) is 5.41 Å². The predicted octanol–water partition coefficient (Wildman–Crippen LogP) is 2.08. The minimum absolute atomic E-state index is 0.233. The van der Waals surface area contributed by atoms with Gasteiger partial charge in [0.1, 0.15) is 0 Å². The van der Waals surface area contributed by atoms with E-state index < -0.39 is 0 Å². The van der Waals surface area contributed by atoms with Crippen LogP contribution in [0.2, 0.25) is 0 Å². The summed E-state index contributed by atoms with van der Waals surface area (Å²) in [6.07, 6.45) is 3.08. The number of nitrogens with two attached hydrogens (primary N) is 1. The second kappa shape index (κ2) is 6.86. The maximum absolute atomic E-state index is 7.67. The van der Waals surface area contributed by atoms with Gasteiger partial charge in [0.05, 0.1) is 5.84 Å². The maximum atomic E-state index is 7.67. The molecule has 1 fully saturated rings. The molecule has 3 N–H and O–H groups in total. The molecule has 110 valence electrons. The van der Waals surface area contributed by atoms with Crippen LogP contribution >= 0.6 is 0 Å². The highest BCUT2D eigenvalue weighted by molar-refractivity contribution is 5.77. The fraction of sp³-hybridized carbons (Fsp3) is 0.562. The highest BCUT2D eigenvalue weighted by atomic mass is 15.2. The molecule has 0 spiro atoms. The zero-order chi connectivity index (χ0) is 14.5. The molecule has 4 nitrogen and oxygen atoms in total. The SMILES string of the molecule is CN(C)C1CCCN(C(CC(=N)N)c2ccccc2)C1. The number of rotatable bonds is 5. The molecular formula is C16H26N4. The Kier molecular flexibility index (Phi) is 5.15. The number of likely N-dealkylation sites (tertiary alicyclic amines) is 1. The molecule has 2 rings (SSSR count). The van der Waals surface area contributed by atoms with Crippen LogP contribution < -0.4 is 5.73 Å². The summed E-state index contributed by atoms with van der Waals surface area (Å²) in [5.41, 5.74) is 6.94. The first-order valence-corrected chi connectivity index (χ1v) is 7.36. The van der Waals surface area contributed by atoms with Gasteiger partial charge in [-0.3, -0.25) is 10.3 Å². The molecular weight excluding hydrogens is 248 g/mol. The molecule has 1 aliphatic rings. The van der Waals surface area contributed by atoms with Crippen LogP contribution in [0.1, 0.15) is 30.9 Å². The van der Waals surface area contributed by atoms with Gasteiger partial charge in [0, 0.05) is 25.0 Å². The second-order valence-corrected chi connectivity index (χ2v) is 5.91. The summed E-state index contributed by atoms with van der Waals surface area (Å²) < 4.78 is 0. The zero-order valence-electron chi connectivity index (χ0n) is 12.5. The van der Waals surface area contributed by atoms with E-state index in [4.69, 9.17) is 11.1 Å². The largest absolute Gasteiger partial charge is 0.388 e. The first-order chi connectivity index (χ1) is 9.58. The van der Waals surface area contributed by atoms with Crippen molar-refractivity contribution in [2.75, 3.05) is 27.2 Å². The number of likely N-dealkylation sites (N-methyl/N-ethyl adjacent to an activating group) is 1. The Bertz CT molecular complexity index is 429. The topological polar surface area (TPSA) is 56.4 Å². The van der Waals surface area contributed by atoms with Crippen molar-refractivity contribution in [1.29, 1.82) is 5.41 Å². The highest BCUT2D eigenvalue weighted by Gasteiger charge is 2.28. The maximum Gasteiger partial charge on any atom is 0.0924 e. The van der Waals surface area contributed by atoms with E-state index in [0.717, 1.165) is 13.1 Å². The van der Waals surface area contributed by atoms with Crippen LogP contribution in [0.3, 0.4) is 0 Å². The molecule has 4 heteroatoms. The molecule has 1 aromatic carbocycles. The van der Waals surface area contributed by atoms with Gasteiger partial charge in [-0.15, -0.1) is 0 Å². The Morgan fingerprint density at radius 1 is 1.40 bits per heavy atom. The average Bonchev–Trinajstić information content (AvgIpc) is 2.45. The minimum Gasteiger partial charge on any atom is -0.388 e. The number of hydrogen-bond donors (Lipinski definition) is 2. The fourth-order valence-corrected chi connectivity index (χ4v) is 3.03. The van der Waals surface area contributed by atoms with Crippen LogP contribution in [0.5, 0.6) is 0 Å². The quantitative estimate of drug-likeness (QED) is 0.638. The number of piperidine rings is 1. The van der Waals surface area contributed by atoms with Gasteiger partial charge in [-0.25, -0.2) is 0 Å². The van der Waals surface area contributed by atoms with E-state index in [1.807, 2.05) is 6.07 Å². The molecule has 0 bridgehead atoms. The van der Waals surface area contributed by atoms with Crippen molar-refractivity contribution >= 4 is 5.84 Å². The van der Waals surface area contributed by atoms with Gasteiger partial charge in [0.2, 0.25) is 0 Å². The van der Waals surface area contributed by atoms with Gasteiger partial charge in [-0.05, 0) is 39.0 Å². The number of nitrogens with one attached hydrogen (secondary N) is 1. The van der Waals surface area contributed by atoms with Gasteiger partial charge < -0.3 is 10.6 Å². The molecule has 1 saturated heterocycles. The lowest BCUT2D eigenvalue weighted by Crippen LogP contribution is -2.47. The lowest BCUT2D eigenvalue weighted by molar-refractivity contribution is 0.0978. The smallest absolute Gasteiger partial charge is 0.0924 e. The third-order valence-electron chi connectivity index (χ3n) is 4.20. The van der Waals surface area contributed by atoms with Crippen molar-refractivity contribution in [1.82, 2.24) is 9.80 Å². The molecule has 0 radical (unpaired) electrons. The number of nitrogens with zero attached hydrogens (tertiary/aromatic N) is 2. The van der Waals surface area contributed by atoms with E-state index in [9.17, 15) is 0 Å². The van der Waals surface area contributed by atoms with E-state index in [-0.39, 0.29) is 11.9 Å². The fourth-order valence-electron chi connectivity index (χ4n) is 3.03. The standard InChI is InChI=1S/C16H26N4/c1-19(2)14-9-6-10-20(12-14)15(11-16(17)18)13-7-4-3-5-8-13/h3-5,7-8,14-15H,6,9-12H2,1-2H3,(H3,17,18). The first kappa shape index (κ1) is 15.0. The molecule has 0 aromatic heterocycles. The van der Waals surface area contributed by atoms with Crippen molar-refractivity contribution in [2.45, 2.75) is 31.3 Å². The van der Waals surface area contributed by atoms with Gasteiger partial charge in [0.25, 0.3) is 0 Å². The number of hydrogen-bond acceptors (Lipinski definition) is 3. The van der Waals surface area contributed by atoms with Crippen molar-refractivity contribution in [3.05, 3.63) is 35.9 Å². The van der Waals surface area contributed by atoms with Crippen molar-refractivity contribution in [3.63, 3.8) is 0 Å². The Morgan fingerprint density at radius 2 is 2.10 bits per heavy atom. The Labute approximate surface area is 122 Å². The molecule has 1 aliphatic heterocycles. The Balaban J connectivity index is 2.16. The van der Waals surface area contributed by atoms with E-state index in [0.29, 0.717) is 12.5 Å². The van der Waals surface area contributed by atoms with Gasteiger partial charge >= 0.3 is 0 Å². The molecule has 1 aromatic rings. The van der Waals surface area contributed by atoms with Crippen molar-refractivity contribution in [2.24, 2.45) is 5.73 Å². The average molecular weight is 274 g/mol. The molecule has 0 saturated carbocycles. The summed E-state index contributed by atoms with van der Waals surface area (Å²) in [5, 5.41) is 7.67. The second-order valence-electron chi connectivity index (χ2n) is 5.91. The molecule has 0 amide bonds. The molecule has 1 heterocycles. The van der Waals surface area contributed by atoms with Crippen molar-refractivity contribution in [3.8, 4) is 0 Å². The van der Waals surface area contributed by atoms with Crippen LogP contribution in [0.25, 0.3) is 0 Å². The van der Waals surface area contributed by atoms with Crippen LogP contribution in [0.4, 0.5) is 0 Å². The third kappa shape index (κ3) is 3.81. The van der Waals surface area contributed by atoms with Crippen molar-refractivity contribution < 1.29 is 0 Å². The van der Waals surface area contributed by atoms with Crippen LogP contribution in [0.15, 0.2) is 30.3 Å². The molecule has 2 atom stereocenters. The summed E-state index contributed by atoms with van der Waals surface area (Å²) in [6.45, 7) is 2.15. The minimum atomic E-state index is 0.233. The summed E-state index contributed by atoms with van der Waals surface area (Å²) in [4.78, 5) is 4.80. The number of benzene rings is 1. The molecule has 2 unspecified atom stereocenters. The third-order valence-corrected chi connectivity index (χ3v) is 4.20. The lowest BCUT2D eigenvalue weighted by atomic mass is 9.96. The van der Waals surface area contributed by atoms with Gasteiger partial charge in [-0.1, -0.05) is 30.3 Å². The van der Waals surface area contributed by atoms with E-state index in [2.05, 4.69) is 48.2 Å². The molecule has 20 heavy (non-hydrogen) atoms. The van der Waals surface area contributed by atoms with E-state index >= 15 is 0 Å². The highest BCUT2D eigenvalue weighted by Crippen LogP contribution is 2.28.